The Balaban J connectivity index is 2.60. The Labute approximate surface area is 99.6 Å². The molecule has 0 aliphatic carbocycles. The quantitative estimate of drug-likeness (QED) is 0.507. The molecule has 0 aromatic heterocycles. The summed E-state index contributed by atoms with van der Waals surface area (Å²) in [4.78, 5) is 22.0. The summed E-state index contributed by atoms with van der Waals surface area (Å²) >= 11 is 0. The van der Waals surface area contributed by atoms with E-state index >= 15 is 0 Å². The zero-order chi connectivity index (χ0) is 12.8. The predicted octanol–water partition coefficient (Wildman–Crippen LogP) is -0.630. The zero-order valence-electron chi connectivity index (χ0n) is 9.88. The second kappa shape index (κ2) is 6.36. The Morgan fingerprint density at radius 3 is 2.71 bits per heavy atom. The Bertz CT molecular complexity index is 315. The maximum Gasteiger partial charge on any atom is 0.308 e. The number of aliphatic hydroxyl groups is 1. The van der Waals surface area contributed by atoms with Crippen LogP contribution in [0.25, 0.3) is 0 Å². The van der Waals surface area contributed by atoms with Gasteiger partial charge in [0.2, 0.25) is 5.91 Å². The van der Waals surface area contributed by atoms with Crippen LogP contribution in [0.5, 0.6) is 0 Å². The molecule has 0 aromatic carbocycles. The third-order valence-electron chi connectivity index (χ3n) is 2.43. The number of hydrogen-bond donors (Lipinski definition) is 2. The molecule has 1 aliphatic rings. The smallest absolute Gasteiger partial charge is 0.308 e. The molecule has 0 saturated carbocycles. The molecule has 1 amide bonds. The van der Waals surface area contributed by atoms with Crippen molar-refractivity contribution in [1.82, 2.24) is 5.32 Å². The van der Waals surface area contributed by atoms with Crippen molar-refractivity contribution in [2.75, 3.05) is 13.7 Å². The van der Waals surface area contributed by atoms with Crippen LogP contribution in [0.3, 0.4) is 0 Å². The van der Waals surface area contributed by atoms with Gasteiger partial charge in [0, 0.05) is 6.92 Å². The molecule has 96 valence electrons. The topological polar surface area (TPSA) is 84.9 Å². The molecule has 0 saturated heterocycles. The van der Waals surface area contributed by atoms with Crippen LogP contribution in [0.1, 0.15) is 13.3 Å². The van der Waals surface area contributed by atoms with Gasteiger partial charge < -0.3 is 19.9 Å². The number of hydrogen-bond acceptors (Lipinski definition) is 5. The summed E-state index contributed by atoms with van der Waals surface area (Å²) in [5.74, 6) is -0.581. The van der Waals surface area contributed by atoms with E-state index in [9.17, 15) is 9.59 Å². The third-order valence-corrected chi connectivity index (χ3v) is 2.43. The summed E-state index contributed by atoms with van der Waals surface area (Å²) in [7, 11) is 1.30. The van der Waals surface area contributed by atoms with Crippen LogP contribution in [0.4, 0.5) is 0 Å². The molecule has 6 heteroatoms. The first-order valence-electron chi connectivity index (χ1n) is 5.35. The molecule has 2 N–H and O–H groups in total. The van der Waals surface area contributed by atoms with Gasteiger partial charge in [-0.05, 0) is 0 Å². The van der Waals surface area contributed by atoms with Crippen molar-refractivity contribution in [2.45, 2.75) is 31.6 Å². The molecule has 0 aromatic rings. The summed E-state index contributed by atoms with van der Waals surface area (Å²) < 4.78 is 10.00. The maximum atomic E-state index is 11.1. The number of ether oxygens (including phenoxy) is 2. The molecule has 6 nitrogen and oxygen atoms in total. The van der Waals surface area contributed by atoms with E-state index in [4.69, 9.17) is 9.84 Å². The van der Waals surface area contributed by atoms with E-state index < -0.39 is 12.2 Å². The molecule has 0 unspecified atom stereocenters. The molecule has 1 aliphatic heterocycles. The lowest BCUT2D eigenvalue weighted by Gasteiger charge is -2.31. The van der Waals surface area contributed by atoms with Crippen LogP contribution in [0.15, 0.2) is 12.2 Å². The van der Waals surface area contributed by atoms with Crippen molar-refractivity contribution in [3.05, 3.63) is 12.2 Å². The highest BCUT2D eigenvalue weighted by Gasteiger charge is 2.28. The number of amides is 1. The summed E-state index contributed by atoms with van der Waals surface area (Å²) in [6.45, 7) is 1.16. The fraction of sp³-hybridized carbons (Fsp3) is 0.636. The van der Waals surface area contributed by atoms with Crippen LogP contribution < -0.4 is 5.32 Å². The van der Waals surface area contributed by atoms with Gasteiger partial charge in [0.1, 0.15) is 6.10 Å². The lowest BCUT2D eigenvalue weighted by atomic mass is 10.0. The van der Waals surface area contributed by atoms with Crippen molar-refractivity contribution >= 4 is 11.9 Å². The van der Waals surface area contributed by atoms with Crippen LogP contribution in [-0.2, 0) is 19.1 Å². The van der Waals surface area contributed by atoms with Gasteiger partial charge in [0.05, 0.1) is 32.3 Å². The predicted molar refractivity (Wildman–Crippen MR) is 59.1 cm³/mol. The fourth-order valence-electron chi connectivity index (χ4n) is 1.62. The van der Waals surface area contributed by atoms with E-state index in [0.29, 0.717) is 0 Å². The minimum absolute atomic E-state index is 0.0935. The number of carbonyl (C=O) groups is 2. The minimum atomic E-state index is -0.543. The largest absolute Gasteiger partial charge is 0.469 e. The normalized spacial score (nSPS) is 27.6. The molecule has 0 radical (unpaired) electrons. The van der Waals surface area contributed by atoms with Crippen molar-refractivity contribution in [3.8, 4) is 0 Å². The highest BCUT2D eigenvalue weighted by Crippen LogP contribution is 2.15. The van der Waals surface area contributed by atoms with Gasteiger partial charge in [-0.3, -0.25) is 9.59 Å². The van der Waals surface area contributed by atoms with Crippen LogP contribution in [0, 0.1) is 0 Å². The zero-order valence-corrected chi connectivity index (χ0v) is 9.88. The molecule has 3 atom stereocenters. The molecule has 17 heavy (non-hydrogen) atoms. The van der Waals surface area contributed by atoms with Gasteiger partial charge in [0.25, 0.3) is 0 Å². The van der Waals surface area contributed by atoms with Gasteiger partial charge >= 0.3 is 5.97 Å². The van der Waals surface area contributed by atoms with E-state index in [1.165, 1.54) is 14.0 Å². The van der Waals surface area contributed by atoms with Crippen molar-refractivity contribution in [1.29, 1.82) is 0 Å². The van der Waals surface area contributed by atoms with Crippen molar-refractivity contribution < 1.29 is 24.2 Å². The molecule has 0 spiro atoms. The number of carbonyl (C=O) groups excluding carboxylic acids is 2. The first-order chi connectivity index (χ1) is 8.06. The SMILES string of the molecule is COC(=O)C[C@@H]1C=C[C@@H](NC(C)=O)[C@@H](CO)O1. The van der Waals surface area contributed by atoms with Crippen LogP contribution in [-0.4, -0.2) is 48.9 Å². The number of nitrogens with one attached hydrogen (secondary N) is 1. The molecule has 1 heterocycles. The van der Waals surface area contributed by atoms with Gasteiger partial charge in [-0.15, -0.1) is 0 Å². The fourth-order valence-corrected chi connectivity index (χ4v) is 1.62. The third kappa shape index (κ3) is 4.16. The first kappa shape index (κ1) is 13.7. The number of aliphatic hydroxyl groups excluding tert-OH is 1. The van der Waals surface area contributed by atoms with Crippen LogP contribution >= 0.6 is 0 Å². The van der Waals surface area contributed by atoms with Crippen molar-refractivity contribution in [3.63, 3.8) is 0 Å². The highest BCUT2D eigenvalue weighted by molar-refractivity contribution is 5.73. The molecule has 0 bridgehead atoms. The maximum absolute atomic E-state index is 11.1. The molecule has 0 fully saturated rings. The Hall–Kier alpha value is -1.40. The second-order valence-corrected chi connectivity index (χ2v) is 3.79. The Morgan fingerprint density at radius 2 is 2.18 bits per heavy atom. The summed E-state index contributed by atoms with van der Waals surface area (Å²) in [5.41, 5.74) is 0. The van der Waals surface area contributed by atoms with Crippen LogP contribution in [0.2, 0.25) is 0 Å². The monoisotopic (exact) mass is 243 g/mol. The minimum Gasteiger partial charge on any atom is -0.469 e. The van der Waals surface area contributed by atoms with E-state index in [1.54, 1.807) is 12.2 Å². The van der Waals surface area contributed by atoms with E-state index in [0.717, 1.165) is 0 Å². The Kier molecular flexibility index (Phi) is 5.11. The summed E-state index contributed by atoms with van der Waals surface area (Å²) in [5, 5.41) is 11.8. The lowest BCUT2D eigenvalue weighted by molar-refractivity contribution is -0.145. The molecule has 1 rings (SSSR count). The van der Waals surface area contributed by atoms with Gasteiger partial charge in [-0.1, -0.05) is 12.2 Å². The number of methoxy groups -OCH3 is 1. The van der Waals surface area contributed by atoms with Crippen molar-refractivity contribution in [2.24, 2.45) is 0 Å². The molecular weight excluding hydrogens is 226 g/mol. The summed E-state index contributed by atoms with van der Waals surface area (Å²) in [6, 6.07) is -0.369. The van der Waals surface area contributed by atoms with Gasteiger partial charge in [0.15, 0.2) is 0 Å². The Morgan fingerprint density at radius 1 is 1.47 bits per heavy atom. The van der Waals surface area contributed by atoms with E-state index in [-0.39, 0.29) is 30.9 Å². The average molecular weight is 243 g/mol. The van der Waals surface area contributed by atoms with Gasteiger partial charge in [-0.25, -0.2) is 0 Å². The highest BCUT2D eigenvalue weighted by atomic mass is 16.5. The first-order valence-corrected chi connectivity index (χ1v) is 5.35. The standard InChI is InChI=1S/C11H17NO5/c1-7(14)12-9-4-3-8(5-11(15)16-2)17-10(9)6-13/h3-4,8-10,13H,5-6H2,1-2H3,(H,12,14)/t8-,9+,10+/m0/s1. The molecular formula is C11H17NO5. The summed E-state index contributed by atoms with van der Waals surface area (Å²) in [6.07, 6.45) is 2.53. The lowest BCUT2D eigenvalue weighted by Crippen LogP contribution is -2.48. The van der Waals surface area contributed by atoms with E-state index in [1.807, 2.05) is 0 Å². The van der Waals surface area contributed by atoms with Gasteiger partial charge in [-0.2, -0.15) is 0 Å². The second-order valence-electron chi connectivity index (χ2n) is 3.79. The van der Waals surface area contributed by atoms with E-state index in [2.05, 4.69) is 10.1 Å². The number of rotatable bonds is 4. The number of esters is 1. The average Bonchev–Trinajstić information content (AvgIpc) is 2.30.